The number of hydrogen-bond acceptors (Lipinski definition) is 6. The van der Waals surface area contributed by atoms with Crippen LogP contribution in [0.5, 0.6) is 5.75 Å². The van der Waals surface area contributed by atoms with E-state index in [0.29, 0.717) is 18.1 Å². The van der Waals surface area contributed by atoms with E-state index in [4.69, 9.17) is 13.7 Å². The number of esters is 1. The molecule has 176 valence electrons. The van der Waals surface area contributed by atoms with Crippen molar-refractivity contribution in [1.29, 1.82) is 0 Å². The average Bonchev–Trinajstić information content (AvgIpc) is 3.06. The molecule has 0 saturated carbocycles. The Hall–Kier alpha value is -3.10. The first-order valence-corrected chi connectivity index (χ1v) is 12.4. The number of ether oxygens (including phenoxy) is 2. The zero-order valence-electron chi connectivity index (χ0n) is 19.3. The summed E-state index contributed by atoms with van der Waals surface area (Å²) in [5, 5.41) is 0.892. The Morgan fingerprint density at radius 2 is 1.79 bits per heavy atom. The SMILES string of the molecule is CC(C)(C)OC(=O)C=Cc1cc2cc(OCc3ccccc3)ccc2n1CCOS(C)(=O)=O. The summed E-state index contributed by atoms with van der Waals surface area (Å²) >= 11 is 0. The van der Waals surface area contributed by atoms with Crippen LogP contribution < -0.4 is 4.74 Å². The van der Waals surface area contributed by atoms with Gasteiger partial charge in [-0.3, -0.25) is 4.18 Å². The van der Waals surface area contributed by atoms with Gasteiger partial charge in [-0.05, 0) is 56.7 Å². The van der Waals surface area contributed by atoms with Crippen LogP contribution in [0.15, 0.2) is 60.7 Å². The topological polar surface area (TPSA) is 83.8 Å². The number of rotatable bonds is 9. The second-order valence-corrected chi connectivity index (χ2v) is 10.3. The number of aromatic nitrogens is 1. The quantitative estimate of drug-likeness (QED) is 0.259. The van der Waals surface area contributed by atoms with Crippen LogP contribution in [0.3, 0.4) is 0 Å². The number of hydrogen-bond donors (Lipinski definition) is 0. The standard InChI is InChI=1S/C25H29NO6S/c1-25(2,3)32-24(27)13-10-21-16-20-17-22(30-18-19-8-6-5-7-9-19)11-12-23(20)26(21)14-15-31-33(4,28)29/h5-13,16-17H,14-15,18H2,1-4H3. The van der Waals surface area contributed by atoms with Crippen LogP contribution in [0.25, 0.3) is 17.0 Å². The molecule has 0 spiro atoms. The van der Waals surface area contributed by atoms with E-state index in [2.05, 4.69) is 0 Å². The van der Waals surface area contributed by atoms with E-state index in [1.54, 1.807) is 26.8 Å². The highest BCUT2D eigenvalue weighted by atomic mass is 32.2. The predicted molar refractivity (Wildman–Crippen MR) is 128 cm³/mol. The highest BCUT2D eigenvalue weighted by Crippen LogP contribution is 2.26. The minimum absolute atomic E-state index is 0.0256. The predicted octanol–water partition coefficient (Wildman–Crippen LogP) is 4.55. The van der Waals surface area contributed by atoms with E-state index in [9.17, 15) is 13.2 Å². The van der Waals surface area contributed by atoms with E-state index >= 15 is 0 Å². The smallest absolute Gasteiger partial charge is 0.331 e. The van der Waals surface area contributed by atoms with Gasteiger partial charge < -0.3 is 14.0 Å². The van der Waals surface area contributed by atoms with E-state index in [1.807, 2.05) is 59.2 Å². The van der Waals surface area contributed by atoms with Crippen LogP contribution in [0.2, 0.25) is 0 Å². The molecule has 0 unspecified atom stereocenters. The van der Waals surface area contributed by atoms with E-state index in [0.717, 1.165) is 22.7 Å². The minimum atomic E-state index is -3.56. The van der Waals surface area contributed by atoms with Crippen LogP contribution in [0, 0.1) is 0 Å². The zero-order valence-corrected chi connectivity index (χ0v) is 20.1. The van der Waals surface area contributed by atoms with Crippen molar-refractivity contribution >= 4 is 33.1 Å². The fourth-order valence-electron chi connectivity index (χ4n) is 3.26. The van der Waals surface area contributed by atoms with Crippen LogP contribution in [0.1, 0.15) is 32.0 Å². The lowest BCUT2D eigenvalue weighted by molar-refractivity contribution is -0.148. The third-order valence-electron chi connectivity index (χ3n) is 4.56. The summed E-state index contributed by atoms with van der Waals surface area (Å²) in [6.07, 6.45) is 4.03. The first kappa shape index (κ1) is 24.5. The third-order valence-corrected chi connectivity index (χ3v) is 5.16. The van der Waals surface area contributed by atoms with Gasteiger partial charge in [-0.15, -0.1) is 0 Å². The maximum atomic E-state index is 12.1. The van der Waals surface area contributed by atoms with Crippen molar-refractivity contribution in [3.8, 4) is 5.75 Å². The van der Waals surface area contributed by atoms with E-state index in [-0.39, 0.29) is 13.2 Å². The van der Waals surface area contributed by atoms with Gasteiger partial charge in [0.2, 0.25) is 0 Å². The van der Waals surface area contributed by atoms with E-state index < -0.39 is 21.7 Å². The maximum absolute atomic E-state index is 12.1. The number of carbonyl (C=O) groups is 1. The summed E-state index contributed by atoms with van der Waals surface area (Å²) in [6, 6.07) is 17.5. The lowest BCUT2D eigenvalue weighted by Crippen LogP contribution is -2.22. The third kappa shape index (κ3) is 7.76. The molecular weight excluding hydrogens is 442 g/mol. The highest BCUT2D eigenvalue weighted by Gasteiger charge is 2.15. The lowest BCUT2D eigenvalue weighted by Gasteiger charge is -2.17. The molecule has 1 aromatic heterocycles. The fraction of sp³-hybridized carbons (Fsp3) is 0.320. The van der Waals surface area contributed by atoms with Gasteiger partial charge >= 0.3 is 5.97 Å². The van der Waals surface area contributed by atoms with Crippen molar-refractivity contribution in [3.05, 3.63) is 71.9 Å². The lowest BCUT2D eigenvalue weighted by atomic mass is 10.2. The van der Waals surface area contributed by atoms with Crippen LogP contribution >= 0.6 is 0 Å². The number of carbonyl (C=O) groups excluding carboxylic acids is 1. The van der Waals surface area contributed by atoms with Gasteiger partial charge in [-0.1, -0.05) is 30.3 Å². The van der Waals surface area contributed by atoms with Gasteiger partial charge in [-0.25, -0.2) is 4.79 Å². The van der Waals surface area contributed by atoms with Crippen LogP contribution in [0.4, 0.5) is 0 Å². The molecule has 0 N–H and O–H groups in total. The molecule has 7 nitrogen and oxygen atoms in total. The Morgan fingerprint density at radius 1 is 1.06 bits per heavy atom. The van der Waals surface area contributed by atoms with Crippen molar-refractivity contribution in [1.82, 2.24) is 4.57 Å². The fourth-order valence-corrected chi connectivity index (χ4v) is 3.64. The van der Waals surface area contributed by atoms with E-state index in [1.165, 1.54) is 6.08 Å². The molecule has 0 aliphatic heterocycles. The van der Waals surface area contributed by atoms with Crippen LogP contribution in [-0.2, 0) is 37.0 Å². The molecule has 3 rings (SSSR count). The zero-order chi connectivity index (χ0) is 24.1. The molecular formula is C25H29NO6S. The molecule has 0 aliphatic carbocycles. The molecule has 2 aromatic carbocycles. The molecule has 0 bridgehead atoms. The molecule has 0 radical (unpaired) electrons. The van der Waals surface area contributed by atoms with Gasteiger partial charge in [-0.2, -0.15) is 8.42 Å². The Kier molecular flexibility index (Phi) is 7.61. The summed E-state index contributed by atoms with van der Waals surface area (Å²) in [7, 11) is -3.56. The summed E-state index contributed by atoms with van der Waals surface area (Å²) in [5.74, 6) is 0.247. The van der Waals surface area contributed by atoms with Crippen LogP contribution in [-0.4, -0.2) is 37.4 Å². The molecule has 0 aliphatic rings. The summed E-state index contributed by atoms with van der Waals surface area (Å²) in [4.78, 5) is 12.1. The van der Waals surface area contributed by atoms with Crippen molar-refractivity contribution in [2.45, 2.75) is 39.5 Å². The van der Waals surface area contributed by atoms with Crippen molar-refractivity contribution in [2.24, 2.45) is 0 Å². The second kappa shape index (κ2) is 10.2. The Bertz CT molecular complexity index is 1240. The number of benzene rings is 2. The van der Waals surface area contributed by atoms with Gasteiger partial charge in [0, 0.05) is 29.2 Å². The molecule has 0 saturated heterocycles. The largest absolute Gasteiger partial charge is 0.489 e. The average molecular weight is 472 g/mol. The Labute approximate surface area is 194 Å². The first-order chi connectivity index (χ1) is 15.5. The highest BCUT2D eigenvalue weighted by molar-refractivity contribution is 7.85. The molecule has 3 aromatic rings. The first-order valence-electron chi connectivity index (χ1n) is 10.6. The number of fused-ring (bicyclic) bond motifs is 1. The number of nitrogens with zero attached hydrogens (tertiary/aromatic N) is 1. The van der Waals surface area contributed by atoms with Gasteiger partial charge in [0.25, 0.3) is 10.1 Å². The molecule has 0 amide bonds. The van der Waals surface area contributed by atoms with Gasteiger partial charge in [0.1, 0.15) is 18.0 Å². The van der Waals surface area contributed by atoms with Gasteiger partial charge in [0.05, 0.1) is 12.9 Å². The Morgan fingerprint density at radius 3 is 2.45 bits per heavy atom. The summed E-state index contributed by atoms with van der Waals surface area (Å²) in [6.45, 7) is 6.11. The monoisotopic (exact) mass is 471 g/mol. The summed E-state index contributed by atoms with van der Waals surface area (Å²) < 4.78 is 40.8. The summed E-state index contributed by atoms with van der Waals surface area (Å²) in [5.41, 5.74) is 2.05. The van der Waals surface area contributed by atoms with Crippen molar-refractivity contribution in [3.63, 3.8) is 0 Å². The second-order valence-electron chi connectivity index (χ2n) is 8.61. The molecule has 0 fully saturated rings. The normalized spacial score (nSPS) is 12.4. The minimum Gasteiger partial charge on any atom is -0.489 e. The molecule has 33 heavy (non-hydrogen) atoms. The van der Waals surface area contributed by atoms with Crippen molar-refractivity contribution in [2.75, 3.05) is 12.9 Å². The molecule has 0 atom stereocenters. The van der Waals surface area contributed by atoms with Gasteiger partial charge in [0.15, 0.2) is 0 Å². The van der Waals surface area contributed by atoms with Crippen molar-refractivity contribution < 1.29 is 26.9 Å². The molecule has 8 heteroatoms. The molecule has 1 heterocycles. The Balaban J connectivity index is 1.85. The maximum Gasteiger partial charge on any atom is 0.331 e.